The number of para-hydroxylation sites is 1. The van der Waals surface area contributed by atoms with Crippen LogP contribution in [0.1, 0.15) is 5.56 Å². The van der Waals surface area contributed by atoms with Crippen LogP contribution in [0.5, 0.6) is 0 Å². The zero-order chi connectivity index (χ0) is 17.2. The van der Waals surface area contributed by atoms with Crippen LogP contribution in [0, 0.1) is 11.3 Å². The number of fused-ring (bicyclic) bond motifs is 1. The van der Waals surface area contributed by atoms with Crippen molar-refractivity contribution in [3.63, 3.8) is 0 Å². The number of aromatic nitrogens is 1. The van der Waals surface area contributed by atoms with Gasteiger partial charge in [-0.3, -0.25) is 4.79 Å². The first-order valence-corrected chi connectivity index (χ1v) is 7.99. The molecule has 0 fully saturated rings. The van der Waals surface area contributed by atoms with E-state index in [-0.39, 0.29) is 5.43 Å². The highest BCUT2D eigenvalue weighted by atomic mass is 16.1. The summed E-state index contributed by atoms with van der Waals surface area (Å²) in [4.78, 5) is 12.6. The summed E-state index contributed by atoms with van der Waals surface area (Å²) in [5.41, 5.74) is 4.16. The van der Waals surface area contributed by atoms with E-state index in [1.165, 1.54) is 0 Å². The minimum absolute atomic E-state index is 0.000604. The number of nitriles is 1. The molecule has 3 aromatic carbocycles. The van der Waals surface area contributed by atoms with Gasteiger partial charge in [-0.15, -0.1) is 0 Å². The first-order valence-electron chi connectivity index (χ1n) is 7.99. The van der Waals surface area contributed by atoms with Crippen LogP contribution in [0.15, 0.2) is 89.7 Å². The lowest BCUT2D eigenvalue weighted by Gasteiger charge is -2.17. The maximum atomic E-state index is 12.6. The summed E-state index contributed by atoms with van der Waals surface area (Å²) in [5.74, 6) is 0. The van der Waals surface area contributed by atoms with E-state index in [0.717, 1.165) is 22.5 Å². The average Bonchev–Trinajstić information content (AvgIpc) is 2.69. The molecule has 0 N–H and O–H groups in total. The van der Waals surface area contributed by atoms with Gasteiger partial charge in [0.2, 0.25) is 0 Å². The molecule has 0 bridgehead atoms. The molecule has 0 aliphatic carbocycles. The van der Waals surface area contributed by atoms with Gasteiger partial charge in [-0.1, -0.05) is 42.5 Å². The molecule has 3 heteroatoms. The van der Waals surface area contributed by atoms with Crippen molar-refractivity contribution in [2.45, 2.75) is 0 Å². The number of nitrogens with zero attached hydrogens (tertiary/aromatic N) is 2. The van der Waals surface area contributed by atoms with E-state index in [4.69, 9.17) is 5.26 Å². The van der Waals surface area contributed by atoms with E-state index in [9.17, 15) is 4.79 Å². The number of hydrogen-bond acceptors (Lipinski definition) is 2. The highest BCUT2D eigenvalue weighted by Crippen LogP contribution is 2.26. The Morgan fingerprint density at radius 1 is 0.800 bits per heavy atom. The Bertz CT molecular complexity index is 1150. The van der Waals surface area contributed by atoms with Gasteiger partial charge in [-0.2, -0.15) is 5.26 Å². The Kier molecular flexibility index (Phi) is 3.64. The SMILES string of the molecule is N#Cc1ccc(-n2c(-c3ccccc3)cc(=O)c3ccccc32)cc1. The summed E-state index contributed by atoms with van der Waals surface area (Å²) < 4.78 is 2.06. The van der Waals surface area contributed by atoms with Crippen LogP contribution in [-0.4, -0.2) is 4.57 Å². The van der Waals surface area contributed by atoms with Crippen LogP contribution < -0.4 is 5.43 Å². The predicted molar refractivity (Wildman–Crippen MR) is 99.7 cm³/mol. The second-order valence-corrected chi connectivity index (χ2v) is 5.77. The molecule has 0 spiro atoms. The molecule has 1 aromatic heterocycles. The summed E-state index contributed by atoms with van der Waals surface area (Å²) in [6.45, 7) is 0. The van der Waals surface area contributed by atoms with Crippen LogP contribution in [-0.2, 0) is 0 Å². The zero-order valence-electron chi connectivity index (χ0n) is 13.4. The lowest BCUT2D eigenvalue weighted by atomic mass is 10.1. The van der Waals surface area contributed by atoms with Crippen LogP contribution >= 0.6 is 0 Å². The standard InChI is InChI=1S/C22H14N2O/c23-15-16-10-12-18(13-11-16)24-20-9-5-4-8-19(20)22(25)14-21(24)17-6-2-1-3-7-17/h1-14H. The quantitative estimate of drug-likeness (QED) is 0.544. The minimum atomic E-state index is -0.000604. The topological polar surface area (TPSA) is 45.8 Å². The maximum absolute atomic E-state index is 12.6. The van der Waals surface area contributed by atoms with Gasteiger partial charge in [0.25, 0.3) is 0 Å². The van der Waals surface area contributed by atoms with Crippen molar-refractivity contribution < 1.29 is 0 Å². The first kappa shape index (κ1) is 14.9. The van der Waals surface area contributed by atoms with Crippen molar-refractivity contribution in [1.29, 1.82) is 5.26 Å². The third kappa shape index (κ3) is 2.60. The fourth-order valence-electron chi connectivity index (χ4n) is 3.06. The Labute approximate surface area is 145 Å². The fraction of sp³-hybridized carbons (Fsp3) is 0. The van der Waals surface area contributed by atoms with E-state index < -0.39 is 0 Å². The fourth-order valence-corrected chi connectivity index (χ4v) is 3.06. The molecule has 0 saturated heterocycles. The summed E-state index contributed by atoms with van der Waals surface area (Å²) in [7, 11) is 0. The van der Waals surface area contributed by atoms with Crippen LogP contribution in [0.25, 0.3) is 27.8 Å². The van der Waals surface area contributed by atoms with E-state index in [2.05, 4.69) is 10.6 Å². The number of hydrogen-bond donors (Lipinski definition) is 0. The molecule has 4 aromatic rings. The van der Waals surface area contributed by atoms with E-state index in [1.807, 2.05) is 66.7 Å². The Hall–Kier alpha value is -3.64. The molecule has 4 rings (SSSR count). The monoisotopic (exact) mass is 322 g/mol. The number of rotatable bonds is 2. The summed E-state index contributed by atoms with van der Waals surface area (Å²) in [6.07, 6.45) is 0. The van der Waals surface area contributed by atoms with Gasteiger partial charge in [0, 0.05) is 17.1 Å². The Morgan fingerprint density at radius 2 is 1.48 bits per heavy atom. The molecule has 118 valence electrons. The molecular formula is C22H14N2O. The first-order chi connectivity index (χ1) is 12.3. The van der Waals surface area contributed by atoms with Crippen LogP contribution in [0.3, 0.4) is 0 Å². The third-order valence-electron chi connectivity index (χ3n) is 4.24. The van der Waals surface area contributed by atoms with Crippen molar-refractivity contribution in [3.8, 4) is 23.0 Å². The molecule has 0 atom stereocenters. The summed E-state index contributed by atoms with van der Waals surface area (Å²) in [5, 5.41) is 9.71. The second kappa shape index (κ2) is 6.10. The predicted octanol–water partition coefficient (Wildman–Crippen LogP) is 4.53. The molecule has 3 nitrogen and oxygen atoms in total. The van der Waals surface area contributed by atoms with Crippen molar-refractivity contribution >= 4 is 10.9 Å². The van der Waals surface area contributed by atoms with Crippen molar-refractivity contribution in [2.75, 3.05) is 0 Å². The van der Waals surface area contributed by atoms with E-state index in [1.54, 1.807) is 18.2 Å². The number of benzene rings is 3. The van der Waals surface area contributed by atoms with E-state index in [0.29, 0.717) is 10.9 Å². The smallest absolute Gasteiger partial charge is 0.190 e. The molecule has 0 aliphatic rings. The van der Waals surface area contributed by atoms with Gasteiger partial charge in [0.05, 0.1) is 22.8 Å². The molecule has 0 unspecified atom stereocenters. The van der Waals surface area contributed by atoms with Gasteiger partial charge in [0.15, 0.2) is 5.43 Å². The molecule has 0 radical (unpaired) electrons. The highest BCUT2D eigenvalue weighted by Gasteiger charge is 2.12. The molecular weight excluding hydrogens is 308 g/mol. The summed E-state index contributed by atoms with van der Waals surface area (Å²) >= 11 is 0. The van der Waals surface area contributed by atoms with Gasteiger partial charge < -0.3 is 4.57 Å². The minimum Gasteiger partial charge on any atom is -0.309 e. The second-order valence-electron chi connectivity index (χ2n) is 5.77. The highest BCUT2D eigenvalue weighted by molar-refractivity contribution is 5.84. The van der Waals surface area contributed by atoms with Gasteiger partial charge in [0.1, 0.15) is 0 Å². The Morgan fingerprint density at radius 3 is 2.20 bits per heavy atom. The van der Waals surface area contributed by atoms with E-state index >= 15 is 0 Å². The average molecular weight is 322 g/mol. The summed E-state index contributed by atoms with van der Waals surface area (Å²) in [6, 6.07) is 28.6. The van der Waals surface area contributed by atoms with Gasteiger partial charge >= 0.3 is 0 Å². The van der Waals surface area contributed by atoms with Crippen LogP contribution in [0.4, 0.5) is 0 Å². The zero-order valence-corrected chi connectivity index (χ0v) is 13.4. The maximum Gasteiger partial charge on any atom is 0.190 e. The van der Waals surface area contributed by atoms with Crippen LogP contribution in [0.2, 0.25) is 0 Å². The van der Waals surface area contributed by atoms with Crippen molar-refractivity contribution in [1.82, 2.24) is 4.57 Å². The molecule has 0 amide bonds. The van der Waals surface area contributed by atoms with Crippen molar-refractivity contribution in [3.05, 3.63) is 101 Å². The number of pyridine rings is 1. The molecule has 1 heterocycles. The largest absolute Gasteiger partial charge is 0.309 e. The van der Waals surface area contributed by atoms with Gasteiger partial charge in [-0.05, 0) is 42.0 Å². The van der Waals surface area contributed by atoms with Crippen molar-refractivity contribution in [2.24, 2.45) is 0 Å². The molecule has 0 saturated carbocycles. The molecule has 0 aliphatic heterocycles. The van der Waals surface area contributed by atoms with Gasteiger partial charge in [-0.25, -0.2) is 0 Å². The molecule has 25 heavy (non-hydrogen) atoms. The lowest BCUT2D eigenvalue weighted by Crippen LogP contribution is -2.10. The lowest BCUT2D eigenvalue weighted by molar-refractivity contribution is 1.11. The normalized spacial score (nSPS) is 10.5. The Balaban J connectivity index is 2.11. The third-order valence-corrected chi connectivity index (χ3v) is 4.24.